The Morgan fingerprint density at radius 1 is 1.32 bits per heavy atom. The molecule has 0 saturated carbocycles. The van der Waals surface area contributed by atoms with E-state index in [9.17, 15) is 4.39 Å². The van der Waals surface area contributed by atoms with Crippen molar-refractivity contribution in [3.8, 4) is 0 Å². The summed E-state index contributed by atoms with van der Waals surface area (Å²) < 4.78 is 13.7. The Bertz CT molecular complexity index is 557. The Morgan fingerprint density at radius 3 is 2.74 bits per heavy atom. The van der Waals surface area contributed by atoms with Crippen LogP contribution in [-0.4, -0.2) is 16.9 Å². The van der Waals surface area contributed by atoms with E-state index in [0.29, 0.717) is 17.9 Å². The zero-order valence-corrected chi connectivity index (χ0v) is 11.2. The fourth-order valence-electron chi connectivity index (χ4n) is 2.07. The third-order valence-electron chi connectivity index (χ3n) is 3.29. The molecule has 1 atom stereocenters. The Labute approximate surface area is 112 Å². The van der Waals surface area contributed by atoms with Crippen LogP contribution in [0, 0.1) is 5.82 Å². The molecular formula is C15H18FN3. The maximum Gasteiger partial charge on any atom is 0.127 e. The van der Waals surface area contributed by atoms with Crippen LogP contribution in [0.25, 0.3) is 0 Å². The molecule has 0 saturated heterocycles. The van der Waals surface area contributed by atoms with Crippen LogP contribution in [0.3, 0.4) is 0 Å². The fourth-order valence-corrected chi connectivity index (χ4v) is 2.07. The van der Waals surface area contributed by atoms with Gasteiger partial charge in [-0.05, 0) is 37.7 Å². The molecule has 2 aromatic rings. The number of benzene rings is 1. The summed E-state index contributed by atoms with van der Waals surface area (Å²) in [5.74, 6) is 0.334. The summed E-state index contributed by atoms with van der Waals surface area (Å²) in [4.78, 5) is 6.04. The number of hydrogen-bond donors (Lipinski definition) is 1. The van der Waals surface area contributed by atoms with Gasteiger partial charge in [0.15, 0.2) is 0 Å². The van der Waals surface area contributed by atoms with Crippen molar-refractivity contribution in [2.24, 2.45) is 0 Å². The van der Waals surface area contributed by atoms with Gasteiger partial charge >= 0.3 is 0 Å². The van der Waals surface area contributed by atoms with Crippen LogP contribution < -0.4 is 5.73 Å². The molecular weight excluding hydrogens is 241 g/mol. The number of nitrogens with two attached hydrogens (primary N) is 1. The highest BCUT2D eigenvalue weighted by molar-refractivity contribution is 5.32. The van der Waals surface area contributed by atoms with E-state index < -0.39 is 0 Å². The van der Waals surface area contributed by atoms with Crippen LogP contribution in [0.15, 0.2) is 42.6 Å². The lowest BCUT2D eigenvalue weighted by atomic mass is 10.1. The molecule has 0 spiro atoms. The van der Waals surface area contributed by atoms with Gasteiger partial charge in [-0.15, -0.1) is 0 Å². The molecule has 3 nitrogen and oxygen atoms in total. The second-order valence-corrected chi connectivity index (χ2v) is 4.70. The van der Waals surface area contributed by atoms with Gasteiger partial charge in [0.1, 0.15) is 11.6 Å². The maximum atomic E-state index is 13.7. The SMILES string of the molecule is CC(c1ccccc1F)N(C)Cc1ccnc(N)c1. The predicted molar refractivity (Wildman–Crippen MR) is 74.9 cm³/mol. The standard InChI is InChI=1S/C15H18FN3/c1-11(13-5-3-4-6-14(13)16)19(2)10-12-7-8-18-15(17)9-12/h3-9,11H,10H2,1-2H3,(H2,17,18). The molecule has 2 rings (SSSR count). The first-order valence-electron chi connectivity index (χ1n) is 6.23. The number of nitrogen functional groups attached to an aromatic ring is 1. The van der Waals surface area contributed by atoms with Crippen molar-refractivity contribution in [2.75, 3.05) is 12.8 Å². The van der Waals surface area contributed by atoms with Crippen molar-refractivity contribution in [1.29, 1.82) is 0 Å². The minimum Gasteiger partial charge on any atom is -0.384 e. The molecule has 0 bridgehead atoms. The number of hydrogen-bond acceptors (Lipinski definition) is 3. The van der Waals surface area contributed by atoms with Crippen LogP contribution in [-0.2, 0) is 6.54 Å². The number of nitrogens with zero attached hydrogens (tertiary/aromatic N) is 2. The number of halogens is 1. The molecule has 1 aromatic heterocycles. The van der Waals surface area contributed by atoms with Gasteiger partial charge < -0.3 is 5.73 Å². The van der Waals surface area contributed by atoms with Crippen molar-refractivity contribution in [1.82, 2.24) is 9.88 Å². The van der Waals surface area contributed by atoms with E-state index in [4.69, 9.17) is 5.73 Å². The van der Waals surface area contributed by atoms with Gasteiger partial charge in [-0.2, -0.15) is 0 Å². The highest BCUT2D eigenvalue weighted by Crippen LogP contribution is 2.23. The molecule has 0 aliphatic carbocycles. The van der Waals surface area contributed by atoms with Crippen LogP contribution in [0.2, 0.25) is 0 Å². The second kappa shape index (κ2) is 5.80. The van der Waals surface area contributed by atoms with Crippen molar-refractivity contribution in [3.05, 3.63) is 59.5 Å². The molecule has 0 fully saturated rings. The van der Waals surface area contributed by atoms with Crippen LogP contribution in [0.1, 0.15) is 24.1 Å². The topological polar surface area (TPSA) is 42.2 Å². The molecule has 100 valence electrons. The number of rotatable bonds is 4. The summed E-state index contributed by atoms with van der Waals surface area (Å²) in [7, 11) is 1.97. The number of aromatic nitrogens is 1. The van der Waals surface area contributed by atoms with E-state index in [1.807, 2.05) is 38.2 Å². The third kappa shape index (κ3) is 3.29. The van der Waals surface area contributed by atoms with Gasteiger partial charge in [0.25, 0.3) is 0 Å². The quantitative estimate of drug-likeness (QED) is 0.917. The lowest BCUT2D eigenvalue weighted by Gasteiger charge is -2.25. The molecule has 1 aromatic carbocycles. The van der Waals surface area contributed by atoms with E-state index in [-0.39, 0.29) is 11.9 Å². The van der Waals surface area contributed by atoms with Gasteiger partial charge in [0.2, 0.25) is 0 Å². The molecule has 1 heterocycles. The minimum absolute atomic E-state index is 0.00408. The molecule has 1 unspecified atom stereocenters. The van der Waals surface area contributed by atoms with E-state index in [0.717, 1.165) is 5.56 Å². The smallest absolute Gasteiger partial charge is 0.127 e. The summed E-state index contributed by atoms with van der Waals surface area (Å²) in [6, 6.07) is 10.6. The number of pyridine rings is 1. The third-order valence-corrected chi connectivity index (χ3v) is 3.29. The molecule has 4 heteroatoms. The number of anilines is 1. The Kier molecular flexibility index (Phi) is 4.12. The first-order chi connectivity index (χ1) is 9.08. The molecule has 19 heavy (non-hydrogen) atoms. The molecule has 0 aliphatic heterocycles. The Morgan fingerprint density at radius 2 is 2.05 bits per heavy atom. The van der Waals surface area contributed by atoms with Gasteiger partial charge in [-0.3, -0.25) is 4.90 Å². The van der Waals surface area contributed by atoms with Gasteiger partial charge in [0, 0.05) is 24.3 Å². The summed E-state index contributed by atoms with van der Waals surface area (Å²) in [6.45, 7) is 2.69. The lowest BCUT2D eigenvalue weighted by Crippen LogP contribution is -2.22. The molecule has 0 aliphatic rings. The van der Waals surface area contributed by atoms with Gasteiger partial charge in [-0.25, -0.2) is 9.37 Å². The van der Waals surface area contributed by atoms with E-state index in [1.165, 1.54) is 6.07 Å². The maximum absolute atomic E-state index is 13.7. The first kappa shape index (κ1) is 13.5. The molecule has 0 radical (unpaired) electrons. The monoisotopic (exact) mass is 259 g/mol. The minimum atomic E-state index is -0.170. The summed E-state index contributed by atoms with van der Waals surface area (Å²) >= 11 is 0. The predicted octanol–water partition coefficient (Wildman–Crippen LogP) is 3.00. The zero-order valence-electron chi connectivity index (χ0n) is 11.2. The average Bonchev–Trinajstić information content (AvgIpc) is 2.38. The second-order valence-electron chi connectivity index (χ2n) is 4.70. The molecule has 2 N–H and O–H groups in total. The zero-order chi connectivity index (χ0) is 13.8. The summed E-state index contributed by atoms with van der Waals surface area (Å²) in [5, 5.41) is 0. The largest absolute Gasteiger partial charge is 0.384 e. The highest BCUT2D eigenvalue weighted by atomic mass is 19.1. The average molecular weight is 259 g/mol. The van der Waals surface area contributed by atoms with E-state index in [1.54, 1.807) is 12.3 Å². The van der Waals surface area contributed by atoms with Gasteiger partial charge in [0.05, 0.1) is 0 Å². The fraction of sp³-hybridized carbons (Fsp3) is 0.267. The van der Waals surface area contributed by atoms with Crippen LogP contribution >= 0.6 is 0 Å². The normalized spacial score (nSPS) is 12.6. The van der Waals surface area contributed by atoms with Crippen molar-refractivity contribution >= 4 is 5.82 Å². The van der Waals surface area contributed by atoms with Crippen molar-refractivity contribution < 1.29 is 4.39 Å². The lowest BCUT2D eigenvalue weighted by molar-refractivity contribution is 0.248. The van der Waals surface area contributed by atoms with E-state index in [2.05, 4.69) is 9.88 Å². The van der Waals surface area contributed by atoms with Crippen LogP contribution in [0.5, 0.6) is 0 Å². The van der Waals surface area contributed by atoms with Crippen molar-refractivity contribution in [2.45, 2.75) is 19.5 Å². The first-order valence-corrected chi connectivity index (χ1v) is 6.23. The van der Waals surface area contributed by atoms with Crippen molar-refractivity contribution in [3.63, 3.8) is 0 Å². The van der Waals surface area contributed by atoms with Crippen LogP contribution in [0.4, 0.5) is 10.2 Å². The highest BCUT2D eigenvalue weighted by Gasteiger charge is 2.15. The molecule has 0 amide bonds. The van der Waals surface area contributed by atoms with E-state index >= 15 is 0 Å². The Hall–Kier alpha value is -1.94. The summed E-state index contributed by atoms with van der Waals surface area (Å²) in [5.41, 5.74) is 7.42. The van der Waals surface area contributed by atoms with Gasteiger partial charge in [-0.1, -0.05) is 18.2 Å². The Balaban J connectivity index is 2.12. The summed E-state index contributed by atoms with van der Waals surface area (Å²) in [6.07, 6.45) is 1.69.